The molecule has 16 heavy (non-hydrogen) atoms. The Morgan fingerprint density at radius 1 is 1.44 bits per heavy atom. The molecule has 0 radical (unpaired) electrons. The van der Waals surface area contributed by atoms with E-state index in [1.165, 1.54) is 9.71 Å². The van der Waals surface area contributed by atoms with E-state index >= 15 is 0 Å². The molecule has 0 saturated heterocycles. The minimum absolute atomic E-state index is 0.510. The number of nitrogens with zero attached hydrogens (tertiary/aromatic N) is 2. The fourth-order valence-corrected chi connectivity index (χ4v) is 2.70. The van der Waals surface area contributed by atoms with Crippen molar-refractivity contribution in [2.24, 2.45) is 0 Å². The number of fused-ring (bicyclic) bond motifs is 1. The van der Waals surface area contributed by atoms with E-state index in [4.69, 9.17) is 11.6 Å². The Balaban J connectivity index is 2.26. The highest BCUT2D eigenvalue weighted by Gasteiger charge is 2.10. The maximum Gasteiger partial charge on any atom is 0.0954 e. The van der Waals surface area contributed by atoms with Crippen molar-refractivity contribution in [1.82, 2.24) is 9.88 Å². The van der Waals surface area contributed by atoms with Gasteiger partial charge >= 0.3 is 0 Å². The zero-order valence-corrected chi connectivity index (χ0v) is 11.3. The maximum atomic E-state index is 5.94. The molecule has 0 fully saturated rings. The molecular weight excluding hydrogens is 240 g/mol. The first kappa shape index (κ1) is 11.8. The summed E-state index contributed by atoms with van der Waals surface area (Å²) in [6.07, 6.45) is 0.990. The molecule has 0 aliphatic heterocycles. The van der Waals surface area contributed by atoms with Crippen LogP contribution in [0, 0.1) is 0 Å². The summed E-state index contributed by atoms with van der Waals surface area (Å²) < 4.78 is 1.21. The number of rotatable bonds is 3. The van der Waals surface area contributed by atoms with Crippen molar-refractivity contribution in [2.75, 3.05) is 14.1 Å². The van der Waals surface area contributed by atoms with Gasteiger partial charge in [0.1, 0.15) is 0 Å². The molecule has 0 bridgehead atoms. The van der Waals surface area contributed by atoms with Crippen LogP contribution in [0.15, 0.2) is 18.2 Å². The standard InChI is InChI=1S/C12H15ClN2S/c1-8(15(2)3)6-12-14-10-7-9(13)4-5-11(10)16-12/h4-5,7-8H,6H2,1-3H3/t8-/m1/s1. The van der Waals surface area contributed by atoms with Crippen molar-refractivity contribution < 1.29 is 0 Å². The molecule has 86 valence electrons. The summed E-state index contributed by atoms with van der Waals surface area (Å²) in [6, 6.07) is 6.40. The third-order valence-corrected chi connectivity index (χ3v) is 4.04. The second kappa shape index (κ2) is 4.70. The smallest absolute Gasteiger partial charge is 0.0954 e. The maximum absolute atomic E-state index is 5.94. The van der Waals surface area contributed by atoms with E-state index < -0.39 is 0 Å². The monoisotopic (exact) mass is 254 g/mol. The van der Waals surface area contributed by atoms with Crippen LogP contribution in [0.2, 0.25) is 5.02 Å². The van der Waals surface area contributed by atoms with Gasteiger partial charge in [0.2, 0.25) is 0 Å². The summed E-state index contributed by atoms with van der Waals surface area (Å²) in [5.74, 6) is 0. The van der Waals surface area contributed by atoms with Gasteiger partial charge in [0.05, 0.1) is 15.2 Å². The highest BCUT2D eigenvalue weighted by atomic mass is 35.5. The first-order valence-corrected chi connectivity index (χ1v) is 6.47. The average molecular weight is 255 g/mol. The molecular formula is C12H15ClN2S. The van der Waals surface area contributed by atoms with Crippen LogP contribution in [-0.4, -0.2) is 30.0 Å². The first-order valence-electron chi connectivity index (χ1n) is 5.27. The predicted molar refractivity (Wildman–Crippen MR) is 71.5 cm³/mol. The van der Waals surface area contributed by atoms with Gasteiger partial charge in [-0.2, -0.15) is 0 Å². The van der Waals surface area contributed by atoms with Crippen LogP contribution in [0.5, 0.6) is 0 Å². The van der Waals surface area contributed by atoms with Gasteiger partial charge in [-0.3, -0.25) is 0 Å². The zero-order valence-electron chi connectivity index (χ0n) is 9.70. The summed E-state index contributed by atoms with van der Waals surface area (Å²) in [4.78, 5) is 6.81. The number of hydrogen-bond acceptors (Lipinski definition) is 3. The van der Waals surface area contributed by atoms with Crippen LogP contribution in [0.1, 0.15) is 11.9 Å². The van der Waals surface area contributed by atoms with Crippen LogP contribution < -0.4 is 0 Å². The topological polar surface area (TPSA) is 16.1 Å². The van der Waals surface area contributed by atoms with Crippen LogP contribution in [0.4, 0.5) is 0 Å². The molecule has 0 spiro atoms. The van der Waals surface area contributed by atoms with Gasteiger partial charge in [0, 0.05) is 17.5 Å². The normalized spacial score (nSPS) is 13.6. The molecule has 0 N–H and O–H groups in total. The number of likely N-dealkylation sites (N-methyl/N-ethyl adjacent to an activating group) is 1. The first-order chi connectivity index (χ1) is 7.56. The van der Waals surface area contributed by atoms with Crippen LogP contribution in [0.25, 0.3) is 10.2 Å². The van der Waals surface area contributed by atoms with Crippen molar-refractivity contribution in [2.45, 2.75) is 19.4 Å². The molecule has 1 aromatic heterocycles. The fraction of sp³-hybridized carbons (Fsp3) is 0.417. The van der Waals surface area contributed by atoms with Crippen LogP contribution >= 0.6 is 22.9 Å². The van der Waals surface area contributed by atoms with E-state index in [1.54, 1.807) is 11.3 Å². The molecule has 1 atom stereocenters. The molecule has 0 unspecified atom stereocenters. The Labute approximate surface area is 105 Å². The lowest BCUT2D eigenvalue weighted by Gasteiger charge is -2.17. The van der Waals surface area contributed by atoms with Crippen molar-refractivity contribution in [3.8, 4) is 0 Å². The predicted octanol–water partition coefficient (Wildman–Crippen LogP) is 3.44. The Kier molecular flexibility index (Phi) is 3.47. The van der Waals surface area contributed by atoms with Crippen LogP contribution in [0.3, 0.4) is 0 Å². The lowest BCUT2D eigenvalue weighted by Crippen LogP contribution is -2.26. The molecule has 1 heterocycles. The number of hydrogen-bond donors (Lipinski definition) is 0. The van der Waals surface area contributed by atoms with Gasteiger partial charge in [0.25, 0.3) is 0 Å². The molecule has 2 aromatic rings. The Morgan fingerprint density at radius 2 is 2.19 bits per heavy atom. The number of thiazole rings is 1. The summed E-state index contributed by atoms with van der Waals surface area (Å²) >= 11 is 7.70. The Bertz CT molecular complexity index is 493. The third-order valence-electron chi connectivity index (χ3n) is 2.75. The SMILES string of the molecule is C[C@H](Cc1nc2cc(Cl)ccc2s1)N(C)C. The van der Waals surface area contributed by atoms with Gasteiger partial charge in [0.15, 0.2) is 0 Å². The lowest BCUT2D eigenvalue weighted by atomic mass is 10.2. The molecule has 2 rings (SSSR count). The van der Waals surface area contributed by atoms with Gasteiger partial charge in [-0.1, -0.05) is 11.6 Å². The van der Waals surface area contributed by atoms with E-state index in [2.05, 4.69) is 30.9 Å². The summed E-state index contributed by atoms with van der Waals surface area (Å²) in [7, 11) is 4.18. The minimum Gasteiger partial charge on any atom is -0.306 e. The zero-order chi connectivity index (χ0) is 11.7. The third kappa shape index (κ3) is 2.54. The largest absolute Gasteiger partial charge is 0.306 e. The Hall–Kier alpha value is -0.640. The van der Waals surface area contributed by atoms with E-state index in [-0.39, 0.29) is 0 Å². The van der Waals surface area contributed by atoms with Crippen molar-refractivity contribution >= 4 is 33.2 Å². The minimum atomic E-state index is 0.510. The van der Waals surface area contributed by atoms with Crippen molar-refractivity contribution in [1.29, 1.82) is 0 Å². The molecule has 1 aromatic carbocycles. The second-order valence-corrected chi connectivity index (χ2v) is 5.79. The highest BCUT2D eigenvalue weighted by Crippen LogP contribution is 2.25. The second-order valence-electron chi connectivity index (χ2n) is 4.24. The van der Waals surface area contributed by atoms with Gasteiger partial charge in [-0.25, -0.2) is 4.98 Å². The lowest BCUT2D eigenvalue weighted by molar-refractivity contribution is 0.312. The van der Waals surface area contributed by atoms with Gasteiger partial charge < -0.3 is 4.90 Å². The summed E-state index contributed by atoms with van der Waals surface area (Å²) in [5.41, 5.74) is 1.01. The quantitative estimate of drug-likeness (QED) is 0.834. The van der Waals surface area contributed by atoms with Gasteiger partial charge in [-0.05, 0) is 39.2 Å². The molecule has 0 saturated carbocycles. The van der Waals surface area contributed by atoms with Crippen molar-refractivity contribution in [3.05, 3.63) is 28.2 Å². The molecule has 0 aliphatic carbocycles. The molecule has 4 heteroatoms. The van der Waals surface area contributed by atoms with E-state index in [0.29, 0.717) is 6.04 Å². The van der Waals surface area contributed by atoms with Crippen LogP contribution in [-0.2, 0) is 6.42 Å². The van der Waals surface area contributed by atoms with Gasteiger partial charge in [-0.15, -0.1) is 11.3 Å². The van der Waals surface area contributed by atoms with E-state index in [9.17, 15) is 0 Å². The van der Waals surface area contributed by atoms with E-state index in [0.717, 1.165) is 17.0 Å². The molecule has 0 aliphatic rings. The Morgan fingerprint density at radius 3 is 2.88 bits per heavy atom. The summed E-state index contributed by atoms with van der Waals surface area (Å²) in [5, 5.41) is 1.93. The average Bonchev–Trinajstić information content (AvgIpc) is 2.58. The summed E-state index contributed by atoms with van der Waals surface area (Å²) in [6.45, 7) is 2.21. The fourth-order valence-electron chi connectivity index (χ4n) is 1.47. The molecule has 0 amide bonds. The van der Waals surface area contributed by atoms with E-state index in [1.807, 2.05) is 18.2 Å². The molecule has 2 nitrogen and oxygen atoms in total. The number of halogens is 1. The number of benzene rings is 1. The van der Waals surface area contributed by atoms with Crippen molar-refractivity contribution in [3.63, 3.8) is 0 Å². The number of aromatic nitrogens is 1. The highest BCUT2D eigenvalue weighted by molar-refractivity contribution is 7.18.